The highest BCUT2D eigenvalue weighted by Crippen LogP contribution is 2.23. The molecule has 0 aliphatic carbocycles. The molecule has 1 unspecified atom stereocenters. The van der Waals surface area contributed by atoms with Crippen molar-refractivity contribution < 1.29 is 4.39 Å². The molecule has 3 N–H and O–H groups in total. The minimum absolute atomic E-state index is 0.0563. The maximum atomic E-state index is 13.4. The third-order valence-corrected chi connectivity index (χ3v) is 4.16. The third kappa shape index (κ3) is 7.05. The van der Waals surface area contributed by atoms with Crippen LogP contribution in [0.25, 0.3) is 0 Å². The summed E-state index contributed by atoms with van der Waals surface area (Å²) in [5, 5.41) is 0. The Bertz CT molecular complexity index is 393. The van der Waals surface area contributed by atoms with Crippen LogP contribution in [0.1, 0.15) is 81.9 Å². The van der Waals surface area contributed by atoms with Crippen LogP contribution >= 0.6 is 0 Å². The Hall–Kier alpha value is -0.930. The second-order valence-corrected chi connectivity index (χ2v) is 5.98. The third-order valence-electron chi connectivity index (χ3n) is 4.16. The van der Waals surface area contributed by atoms with Crippen molar-refractivity contribution in [2.45, 2.75) is 77.7 Å². The van der Waals surface area contributed by atoms with Gasteiger partial charge in [0.1, 0.15) is 5.82 Å². The van der Waals surface area contributed by atoms with E-state index in [4.69, 9.17) is 5.84 Å². The second kappa shape index (κ2) is 10.7. The van der Waals surface area contributed by atoms with Gasteiger partial charge in [-0.1, -0.05) is 64.4 Å². The molecular formula is C18H31FN2. The van der Waals surface area contributed by atoms with Crippen molar-refractivity contribution in [3.05, 3.63) is 35.1 Å². The predicted octanol–water partition coefficient (Wildman–Crippen LogP) is 5.17. The van der Waals surface area contributed by atoms with Gasteiger partial charge in [-0.05, 0) is 36.6 Å². The summed E-state index contributed by atoms with van der Waals surface area (Å²) >= 11 is 0. The smallest absolute Gasteiger partial charge is 0.123 e. The van der Waals surface area contributed by atoms with Gasteiger partial charge in [0.15, 0.2) is 0 Å². The Morgan fingerprint density at radius 2 is 1.67 bits per heavy atom. The van der Waals surface area contributed by atoms with E-state index in [1.165, 1.54) is 51.0 Å². The van der Waals surface area contributed by atoms with Gasteiger partial charge >= 0.3 is 0 Å². The van der Waals surface area contributed by atoms with Crippen LogP contribution in [-0.4, -0.2) is 0 Å². The van der Waals surface area contributed by atoms with E-state index in [1.54, 1.807) is 6.07 Å². The molecule has 21 heavy (non-hydrogen) atoms. The molecule has 0 spiro atoms. The zero-order chi connectivity index (χ0) is 15.5. The minimum atomic E-state index is -0.188. The maximum Gasteiger partial charge on any atom is 0.123 e. The van der Waals surface area contributed by atoms with Crippen LogP contribution in [0.4, 0.5) is 4.39 Å². The van der Waals surface area contributed by atoms with Gasteiger partial charge in [0.2, 0.25) is 0 Å². The molecule has 0 saturated heterocycles. The number of aryl methyl sites for hydroxylation is 1. The van der Waals surface area contributed by atoms with E-state index >= 15 is 0 Å². The lowest BCUT2D eigenvalue weighted by Gasteiger charge is -2.18. The zero-order valence-electron chi connectivity index (χ0n) is 13.6. The molecule has 0 bridgehead atoms. The van der Waals surface area contributed by atoms with Crippen molar-refractivity contribution in [2.24, 2.45) is 5.84 Å². The van der Waals surface area contributed by atoms with Gasteiger partial charge in [0, 0.05) is 6.04 Å². The van der Waals surface area contributed by atoms with E-state index in [0.717, 1.165) is 24.0 Å². The first-order chi connectivity index (χ1) is 10.2. The van der Waals surface area contributed by atoms with Crippen LogP contribution in [0.2, 0.25) is 0 Å². The number of nitrogens with two attached hydrogens (primary N) is 1. The van der Waals surface area contributed by atoms with Crippen molar-refractivity contribution >= 4 is 0 Å². The molecule has 1 rings (SSSR count). The maximum absolute atomic E-state index is 13.4. The highest BCUT2D eigenvalue weighted by atomic mass is 19.1. The molecule has 1 aromatic carbocycles. The number of benzene rings is 1. The lowest BCUT2D eigenvalue weighted by Crippen LogP contribution is -2.28. The highest BCUT2D eigenvalue weighted by Gasteiger charge is 2.12. The molecule has 1 atom stereocenters. The van der Waals surface area contributed by atoms with Crippen molar-refractivity contribution in [3.63, 3.8) is 0 Å². The quantitative estimate of drug-likeness (QED) is 0.336. The van der Waals surface area contributed by atoms with E-state index < -0.39 is 0 Å². The molecular weight excluding hydrogens is 263 g/mol. The number of hydrazine groups is 1. The first-order valence-corrected chi connectivity index (χ1v) is 8.41. The van der Waals surface area contributed by atoms with Gasteiger partial charge in [-0.25, -0.2) is 4.39 Å². The molecule has 3 heteroatoms. The van der Waals surface area contributed by atoms with Crippen LogP contribution in [0.5, 0.6) is 0 Å². The zero-order valence-corrected chi connectivity index (χ0v) is 13.6. The molecule has 0 aromatic heterocycles. The van der Waals surface area contributed by atoms with Crippen LogP contribution in [0.15, 0.2) is 18.2 Å². The number of hydrogen-bond donors (Lipinski definition) is 2. The standard InChI is InChI=1S/C18H31FN2/c1-3-4-5-6-7-8-9-10-11-18(21-20)17-14-16(19)13-12-15(17)2/h12-14,18,21H,3-11,20H2,1-2H3. The van der Waals surface area contributed by atoms with Gasteiger partial charge in [-0.2, -0.15) is 0 Å². The fraction of sp³-hybridized carbons (Fsp3) is 0.667. The molecule has 0 aliphatic rings. The summed E-state index contributed by atoms with van der Waals surface area (Å²) in [5.41, 5.74) is 4.92. The predicted molar refractivity (Wildman–Crippen MR) is 88.4 cm³/mol. The van der Waals surface area contributed by atoms with Gasteiger partial charge in [-0.3, -0.25) is 11.3 Å². The molecule has 1 aromatic rings. The summed E-state index contributed by atoms with van der Waals surface area (Å²) in [6.45, 7) is 4.25. The van der Waals surface area contributed by atoms with E-state index in [1.807, 2.05) is 13.0 Å². The summed E-state index contributed by atoms with van der Waals surface area (Å²) in [7, 11) is 0. The summed E-state index contributed by atoms with van der Waals surface area (Å²) in [5.74, 6) is 5.46. The summed E-state index contributed by atoms with van der Waals surface area (Å²) < 4.78 is 13.4. The number of halogens is 1. The number of rotatable bonds is 11. The Kier molecular flexibility index (Phi) is 9.27. The topological polar surface area (TPSA) is 38.0 Å². The van der Waals surface area contributed by atoms with E-state index in [-0.39, 0.29) is 11.9 Å². The van der Waals surface area contributed by atoms with Crippen molar-refractivity contribution in [3.8, 4) is 0 Å². The Labute approximate surface area is 129 Å². The lowest BCUT2D eigenvalue weighted by molar-refractivity contribution is 0.471. The average molecular weight is 294 g/mol. The molecule has 0 saturated carbocycles. The van der Waals surface area contributed by atoms with Crippen LogP contribution < -0.4 is 11.3 Å². The molecule has 120 valence electrons. The van der Waals surface area contributed by atoms with Crippen LogP contribution in [-0.2, 0) is 0 Å². The Morgan fingerprint density at radius 3 is 2.29 bits per heavy atom. The number of nitrogens with one attached hydrogen (secondary N) is 1. The van der Waals surface area contributed by atoms with Crippen molar-refractivity contribution in [1.82, 2.24) is 5.43 Å². The summed E-state index contributed by atoms with van der Waals surface area (Å²) in [6.07, 6.45) is 11.4. The fourth-order valence-corrected chi connectivity index (χ4v) is 2.80. The largest absolute Gasteiger partial charge is 0.271 e. The van der Waals surface area contributed by atoms with Crippen LogP contribution in [0, 0.1) is 12.7 Å². The van der Waals surface area contributed by atoms with Crippen molar-refractivity contribution in [1.29, 1.82) is 0 Å². The van der Waals surface area contributed by atoms with Gasteiger partial charge in [0.25, 0.3) is 0 Å². The molecule has 0 fully saturated rings. The van der Waals surface area contributed by atoms with Gasteiger partial charge in [0.05, 0.1) is 0 Å². The van der Waals surface area contributed by atoms with Crippen molar-refractivity contribution in [2.75, 3.05) is 0 Å². The van der Waals surface area contributed by atoms with E-state index in [9.17, 15) is 4.39 Å². The summed E-state index contributed by atoms with van der Waals surface area (Å²) in [6, 6.07) is 4.98. The average Bonchev–Trinajstić information content (AvgIpc) is 2.49. The van der Waals surface area contributed by atoms with Crippen LogP contribution in [0.3, 0.4) is 0 Å². The molecule has 0 aliphatic heterocycles. The molecule has 0 radical (unpaired) electrons. The van der Waals surface area contributed by atoms with Gasteiger partial charge < -0.3 is 0 Å². The monoisotopic (exact) mass is 294 g/mol. The van der Waals surface area contributed by atoms with Gasteiger partial charge in [-0.15, -0.1) is 0 Å². The Balaban J connectivity index is 2.27. The molecule has 2 nitrogen and oxygen atoms in total. The minimum Gasteiger partial charge on any atom is -0.271 e. The highest BCUT2D eigenvalue weighted by molar-refractivity contribution is 5.29. The van der Waals surface area contributed by atoms with E-state index in [0.29, 0.717) is 0 Å². The normalized spacial score (nSPS) is 12.6. The lowest BCUT2D eigenvalue weighted by atomic mass is 9.96. The number of unbranched alkanes of at least 4 members (excludes halogenated alkanes) is 7. The van der Waals surface area contributed by atoms with E-state index in [2.05, 4.69) is 12.3 Å². The molecule has 0 amide bonds. The fourth-order valence-electron chi connectivity index (χ4n) is 2.80. The Morgan fingerprint density at radius 1 is 1.05 bits per heavy atom. The first kappa shape index (κ1) is 18.1. The number of hydrogen-bond acceptors (Lipinski definition) is 2. The summed E-state index contributed by atoms with van der Waals surface area (Å²) in [4.78, 5) is 0. The first-order valence-electron chi connectivity index (χ1n) is 8.41. The molecule has 0 heterocycles. The SMILES string of the molecule is CCCCCCCCCCC(NN)c1cc(F)ccc1C. The second-order valence-electron chi connectivity index (χ2n) is 5.98.